The highest BCUT2D eigenvalue weighted by atomic mass is 16.5. The minimum Gasteiger partial charge on any atom is -0.492 e. The van der Waals surface area contributed by atoms with Crippen molar-refractivity contribution in [1.29, 1.82) is 0 Å². The van der Waals surface area contributed by atoms with E-state index in [2.05, 4.69) is 20.3 Å². The van der Waals surface area contributed by atoms with Gasteiger partial charge in [-0.15, -0.1) is 5.10 Å². The first-order valence-corrected chi connectivity index (χ1v) is 11.1. The van der Waals surface area contributed by atoms with Gasteiger partial charge in [0.2, 0.25) is 5.95 Å². The molecule has 0 saturated carbocycles. The number of aromatic nitrogens is 3. The van der Waals surface area contributed by atoms with Gasteiger partial charge >= 0.3 is 0 Å². The Morgan fingerprint density at radius 1 is 1.12 bits per heavy atom. The fourth-order valence-electron chi connectivity index (χ4n) is 3.74. The molecule has 0 amide bonds. The Balaban J connectivity index is 1.42. The molecule has 0 unspecified atom stereocenters. The summed E-state index contributed by atoms with van der Waals surface area (Å²) in [5.74, 6) is 1.39. The van der Waals surface area contributed by atoms with E-state index in [-0.39, 0.29) is 0 Å². The van der Waals surface area contributed by atoms with Crippen LogP contribution in [0.15, 0.2) is 73.0 Å². The molecule has 32 heavy (non-hydrogen) atoms. The highest BCUT2D eigenvalue weighted by molar-refractivity contribution is 5.73. The maximum Gasteiger partial charge on any atom is 0.247 e. The van der Waals surface area contributed by atoms with E-state index in [0.29, 0.717) is 12.6 Å². The summed E-state index contributed by atoms with van der Waals surface area (Å²) < 4.78 is 7.67. The van der Waals surface area contributed by atoms with Crippen LogP contribution < -0.4 is 15.8 Å². The van der Waals surface area contributed by atoms with Crippen LogP contribution in [-0.2, 0) is 0 Å². The number of pyridine rings is 1. The quantitative estimate of drug-likeness (QED) is 0.491. The molecule has 0 spiro atoms. The van der Waals surface area contributed by atoms with Crippen molar-refractivity contribution < 1.29 is 4.74 Å². The van der Waals surface area contributed by atoms with Crippen molar-refractivity contribution in [2.24, 2.45) is 5.73 Å². The molecule has 4 rings (SSSR count). The predicted molar refractivity (Wildman–Crippen MR) is 130 cm³/mol. The lowest BCUT2D eigenvalue weighted by Crippen LogP contribution is -2.25. The second-order valence-electron chi connectivity index (χ2n) is 7.67. The van der Waals surface area contributed by atoms with Gasteiger partial charge in [0, 0.05) is 24.0 Å². The highest BCUT2D eigenvalue weighted by Crippen LogP contribution is 2.21. The van der Waals surface area contributed by atoms with E-state index in [0.717, 1.165) is 34.9 Å². The molecule has 1 aliphatic rings. The van der Waals surface area contributed by atoms with Gasteiger partial charge in [-0.25, -0.2) is 4.52 Å². The van der Waals surface area contributed by atoms with E-state index in [1.54, 1.807) is 10.7 Å². The Morgan fingerprint density at radius 3 is 2.69 bits per heavy atom. The molecule has 0 radical (unpaired) electrons. The van der Waals surface area contributed by atoms with Crippen LogP contribution in [0.5, 0.6) is 5.75 Å². The lowest BCUT2D eigenvalue weighted by atomic mass is 10.1. The third kappa shape index (κ3) is 5.36. The third-order valence-electron chi connectivity index (χ3n) is 5.40. The first kappa shape index (κ1) is 21.6. The first-order valence-electron chi connectivity index (χ1n) is 11.1. The van der Waals surface area contributed by atoms with Gasteiger partial charge in [-0.2, -0.15) is 4.98 Å². The number of ether oxygens (including phenoxy) is 1. The summed E-state index contributed by atoms with van der Waals surface area (Å²) in [5, 5.41) is 7.90. The van der Waals surface area contributed by atoms with E-state index < -0.39 is 0 Å². The normalized spacial score (nSPS) is 15.3. The molecule has 0 aliphatic carbocycles. The third-order valence-corrected chi connectivity index (χ3v) is 5.40. The lowest BCUT2D eigenvalue weighted by molar-refractivity contribution is 0.238. The minimum atomic E-state index is 0.522. The summed E-state index contributed by atoms with van der Waals surface area (Å²) in [5.41, 5.74) is 9.24. The maximum atomic E-state index is 5.88. The Labute approximate surface area is 188 Å². The average molecular weight is 431 g/mol. The largest absolute Gasteiger partial charge is 0.492 e. The van der Waals surface area contributed by atoms with Crippen LogP contribution in [0.25, 0.3) is 11.2 Å². The molecule has 0 atom stereocenters. The molecule has 166 valence electrons. The van der Waals surface area contributed by atoms with E-state index in [1.807, 2.05) is 73.7 Å². The van der Waals surface area contributed by atoms with Crippen LogP contribution in [-0.4, -0.2) is 45.7 Å². The standard InChI is InChI=1S/C25H30N6O/c1-2-3-4-8-20(19-26)23-9-7-10-24-28-25(29-31(23)24)27-21-11-13-22(14-12-21)32-18-17-30-15-5-6-16-30/h2-4,7-14,19H,5-6,15-18,26H2,1H3,(H,27,29)/b3-2-,8-4-,20-19+. The summed E-state index contributed by atoms with van der Waals surface area (Å²) in [6, 6.07) is 13.7. The SMILES string of the molecule is C\C=C/C=C\C(=C/N)c1cccc2nc(Nc3ccc(OCCN4CCCC4)cc3)nn12. The van der Waals surface area contributed by atoms with E-state index in [9.17, 15) is 0 Å². The molecule has 7 nitrogen and oxygen atoms in total. The van der Waals surface area contributed by atoms with Crippen LogP contribution in [0.1, 0.15) is 25.5 Å². The fraction of sp³-hybridized carbons (Fsp3) is 0.280. The summed E-state index contributed by atoms with van der Waals surface area (Å²) in [7, 11) is 0. The Bertz CT molecular complexity index is 1110. The summed E-state index contributed by atoms with van der Waals surface area (Å²) >= 11 is 0. The summed E-state index contributed by atoms with van der Waals surface area (Å²) in [6.45, 7) is 6.04. The number of allylic oxidation sites excluding steroid dienone is 5. The van der Waals surface area contributed by atoms with E-state index in [4.69, 9.17) is 10.5 Å². The predicted octanol–water partition coefficient (Wildman–Crippen LogP) is 4.38. The van der Waals surface area contributed by atoms with Crippen molar-refractivity contribution in [1.82, 2.24) is 19.5 Å². The van der Waals surface area contributed by atoms with Gasteiger partial charge in [0.1, 0.15) is 12.4 Å². The van der Waals surface area contributed by atoms with Crippen LogP contribution in [0.4, 0.5) is 11.6 Å². The van der Waals surface area contributed by atoms with E-state index >= 15 is 0 Å². The molecule has 1 saturated heterocycles. The number of hydrogen-bond donors (Lipinski definition) is 2. The van der Waals surface area contributed by atoms with Crippen molar-refractivity contribution in [3.8, 4) is 5.75 Å². The van der Waals surface area contributed by atoms with Crippen LogP contribution in [0.3, 0.4) is 0 Å². The zero-order chi connectivity index (χ0) is 22.2. The zero-order valence-electron chi connectivity index (χ0n) is 18.4. The van der Waals surface area contributed by atoms with Gasteiger partial charge in [0.25, 0.3) is 0 Å². The molecular formula is C25H30N6O. The number of nitrogens with zero attached hydrogens (tertiary/aromatic N) is 4. The summed E-state index contributed by atoms with van der Waals surface area (Å²) in [4.78, 5) is 7.04. The smallest absolute Gasteiger partial charge is 0.247 e. The number of rotatable bonds is 9. The Hall–Kier alpha value is -3.58. The molecule has 1 fully saturated rings. The number of fused-ring (bicyclic) bond motifs is 1. The van der Waals surface area contributed by atoms with Gasteiger partial charge in [0.15, 0.2) is 5.65 Å². The molecule has 7 heteroatoms. The number of benzene rings is 1. The van der Waals surface area contributed by atoms with Crippen LogP contribution in [0.2, 0.25) is 0 Å². The topological polar surface area (TPSA) is 80.7 Å². The maximum absolute atomic E-state index is 5.88. The van der Waals surface area contributed by atoms with Gasteiger partial charge in [-0.3, -0.25) is 4.90 Å². The number of nitrogens with one attached hydrogen (secondary N) is 1. The first-order chi connectivity index (χ1) is 15.8. The van der Waals surface area contributed by atoms with Crippen LogP contribution >= 0.6 is 0 Å². The number of hydrogen-bond acceptors (Lipinski definition) is 6. The van der Waals surface area contributed by atoms with Crippen molar-refractivity contribution >= 4 is 22.9 Å². The van der Waals surface area contributed by atoms with Crippen molar-refractivity contribution in [3.05, 3.63) is 78.7 Å². The van der Waals surface area contributed by atoms with Crippen molar-refractivity contribution in [2.45, 2.75) is 19.8 Å². The minimum absolute atomic E-state index is 0.522. The highest BCUT2D eigenvalue weighted by Gasteiger charge is 2.11. The second kappa shape index (κ2) is 10.6. The average Bonchev–Trinajstić information content (AvgIpc) is 3.47. The molecule has 3 aromatic rings. The van der Waals surface area contributed by atoms with Gasteiger partial charge in [0.05, 0.1) is 5.69 Å². The molecule has 2 aromatic heterocycles. The molecule has 1 aromatic carbocycles. The van der Waals surface area contributed by atoms with Gasteiger partial charge in [-0.05, 0) is 69.3 Å². The van der Waals surface area contributed by atoms with Crippen molar-refractivity contribution in [2.75, 3.05) is 31.6 Å². The fourth-order valence-corrected chi connectivity index (χ4v) is 3.74. The number of nitrogens with two attached hydrogens (primary N) is 1. The molecule has 0 bridgehead atoms. The Kier molecular flexibility index (Phi) is 7.19. The molecule has 3 heterocycles. The van der Waals surface area contributed by atoms with Crippen LogP contribution in [0, 0.1) is 0 Å². The second-order valence-corrected chi connectivity index (χ2v) is 7.67. The lowest BCUT2D eigenvalue weighted by Gasteiger charge is -2.15. The van der Waals surface area contributed by atoms with Gasteiger partial charge < -0.3 is 15.8 Å². The van der Waals surface area contributed by atoms with E-state index in [1.165, 1.54) is 25.9 Å². The molecule has 3 N–H and O–H groups in total. The summed E-state index contributed by atoms with van der Waals surface area (Å²) in [6.07, 6.45) is 12.0. The Morgan fingerprint density at radius 2 is 1.94 bits per heavy atom. The zero-order valence-corrected chi connectivity index (χ0v) is 18.4. The molecular weight excluding hydrogens is 400 g/mol. The number of likely N-dealkylation sites (tertiary alicyclic amines) is 1. The molecule has 1 aliphatic heterocycles. The number of anilines is 2. The van der Waals surface area contributed by atoms with Gasteiger partial charge in [-0.1, -0.05) is 30.4 Å². The van der Waals surface area contributed by atoms with Crippen molar-refractivity contribution in [3.63, 3.8) is 0 Å². The monoisotopic (exact) mass is 430 g/mol.